The zero-order valence-electron chi connectivity index (χ0n) is 9.85. The van der Waals surface area contributed by atoms with Gasteiger partial charge in [0.2, 0.25) is 0 Å². The van der Waals surface area contributed by atoms with E-state index in [1.807, 2.05) is 6.07 Å². The average molecular weight is 247 g/mol. The molecule has 2 aromatic rings. The van der Waals surface area contributed by atoms with Gasteiger partial charge in [0.1, 0.15) is 5.75 Å². The van der Waals surface area contributed by atoms with E-state index in [4.69, 9.17) is 0 Å². The molecule has 1 saturated heterocycles. The van der Waals surface area contributed by atoms with Gasteiger partial charge in [-0.15, -0.1) is 11.3 Å². The predicted molar refractivity (Wildman–Crippen MR) is 72.6 cm³/mol. The number of fused-ring (bicyclic) bond motifs is 1. The van der Waals surface area contributed by atoms with Crippen molar-refractivity contribution in [3.63, 3.8) is 0 Å². The summed E-state index contributed by atoms with van der Waals surface area (Å²) in [7, 11) is 0. The predicted octanol–water partition coefficient (Wildman–Crippen LogP) is 3.59. The van der Waals surface area contributed by atoms with Crippen LogP contribution in [0.15, 0.2) is 24.3 Å². The summed E-state index contributed by atoms with van der Waals surface area (Å²) in [6, 6.07) is 7.97. The highest BCUT2D eigenvalue weighted by Gasteiger charge is 2.12. The van der Waals surface area contributed by atoms with Crippen molar-refractivity contribution in [1.29, 1.82) is 0 Å². The highest BCUT2D eigenvalue weighted by atomic mass is 32.1. The monoisotopic (exact) mass is 247 g/mol. The van der Waals surface area contributed by atoms with Crippen molar-refractivity contribution < 1.29 is 5.11 Å². The number of hydrogen-bond donors (Lipinski definition) is 1. The van der Waals surface area contributed by atoms with Crippen molar-refractivity contribution in [2.45, 2.75) is 25.8 Å². The molecule has 0 radical (unpaired) electrons. The lowest BCUT2D eigenvalue weighted by molar-refractivity contribution is 0.223. The van der Waals surface area contributed by atoms with Gasteiger partial charge in [0.25, 0.3) is 0 Å². The fraction of sp³-hybridized carbons (Fsp3) is 0.429. The molecule has 0 saturated carbocycles. The van der Waals surface area contributed by atoms with Gasteiger partial charge in [0.15, 0.2) is 0 Å². The van der Waals surface area contributed by atoms with E-state index in [-0.39, 0.29) is 0 Å². The summed E-state index contributed by atoms with van der Waals surface area (Å²) in [5.41, 5.74) is 0. The number of phenols is 1. The Hall–Kier alpha value is -1.06. The molecule has 3 heteroatoms. The molecule has 0 spiro atoms. The van der Waals surface area contributed by atoms with Gasteiger partial charge in [-0.25, -0.2) is 0 Å². The molecule has 1 aromatic heterocycles. The molecule has 2 heterocycles. The van der Waals surface area contributed by atoms with Crippen molar-refractivity contribution in [3.05, 3.63) is 29.1 Å². The molecule has 0 aliphatic carbocycles. The smallest absolute Gasteiger partial charge is 0.133 e. The first-order valence-electron chi connectivity index (χ1n) is 6.26. The van der Waals surface area contributed by atoms with E-state index in [2.05, 4.69) is 17.0 Å². The maximum Gasteiger partial charge on any atom is 0.133 e. The van der Waals surface area contributed by atoms with Crippen molar-refractivity contribution in [2.75, 3.05) is 13.1 Å². The molecule has 2 nitrogen and oxygen atoms in total. The first kappa shape index (κ1) is 11.1. The van der Waals surface area contributed by atoms with E-state index in [0.29, 0.717) is 5.75 Å². The highest BCUT2D eigenvalue weighted by Crippen LogP contribution is 2.33. The fourth-order valence-corrected chi connectivity index (χ4v) is 3.63. The van der Waals surface area contributed by atoms with Gasteiger partial charge >= 0.3 is 0 Å². The third kappa shape index (κ3) is 2.31. The minimum Gasteiger partial charge on any atom is -0.506 e. The minimum absolute atomic E-state index is 0.414. The molecule has 0 bridgehead atoms. The van der Waals surface area contributed by atoms with Crippen LogP contribution in [0.3, 0.4) is 0 Å². The van der Waals surface area contributed by atoms with Crippen LogP contribution in [0.4, 0.5) is 0 Å². The van der Waals surface area contributed by atoms with Crippen LogP contribution in [0.5, 0.6) is 5.75 Å². The van der Waals surface area contributed by atoms with Gasteiger partial charge in [0, 0.05) is 11.4 Å². The molecule has 1 aromatic carbocycles. The summed E-state index contributed by atoms with van der Waals surface area (Å²) in [4.78, 5) is 3.88. The summed E-state index contributed by atoms with van der Waals surface area (Å²) >= 11 is 1.73. The topological polar surface area (TPSA) is 23.5 Å². The number of piperidine rings is 1. The van der Waals surface area contributed by atoms with Crippen LogP contribution < -0.4 is 0 Å². The van der Waals surface area contributed by atoms with Crippen LogP contribution in [0.1, 0.15) is 24.1 Å². The number of phenolic OH excluding ortho intramolecular Hbond substituents is 1. The second kappa shape index (κ2) is 4.67. The zero-order valence-corrected chi connectivity index (χ0v) is 10.7. The third-order valence-corrected chi connectivity index (χ3v) is 4.56. The number of likely N-dealkylation sites (tertiary alicyclic amines) is 1. The standard InChI is InChI=1S/C14H17NOS/c16-13-6-4-5-11-9-12(17-14(11)13)10-15-7-2-1-3-8-15/h4-6,9,16H,1-3,7-8,10H2. The molecule has 1 fully saturated rings. The lowest BCUT2D eigenvalue weighted by atomic mass is 10.1. The van der Waals surface area contributed by atoms with Crippen molar-refractivity contribution in [2.24, 2.45) is 0 Å². The van der Waals surface area contributed by atoms with Crippen LogP contribution in [0.2, 0.25) is 0 Å². The number of nitrogens with zero attached hydrogens (tertiary/aromatic N) is 1. The average Bonchev–Trinajstić information content (AvgIpc) is 2.74. The molecule has 0 unspecified atom stereocenters. The van der Waals surface area contributed by atoms with Crippen molar-refractivity contribution in [3.8, 4) is 5.75 Å². The number of rotatable bonds is 2. The maximum absolute atomic E-state index is 9.79. The molecule has 1 aliphatic heterocycles. The van der Waals surface area contributed by atoms with Crippen molar-refractivity contribution in [1.82, 2.24) is 4.90 Å². The van der Waals surface area contributed by atoms with Crippen LogP contribution in [-0.4, -0.2) is 23.1 Å². The Morgan fingerprint density at radius 3 is 2.76 bits per heavy atom. The van der Waals surface area contributed by atoms with Crippen LogP contribution in [-0.2, 0) is 6.54 Å². The molecule has 17 heavy (non-hydrogen) atoms. The maximum atomic E-state index is 9.79. The zero-order chi connectivity index (χ0) is 11.7. The van der Waals surface area contributed by atoms with Crippen molar-refractivity contribution >= 4 is 21.4 Å². The minimum atomic E-state index is 0.414. The fourth-order valence-electron chi connectivity index (χ4n) is 2.52. The summed E-state index contributed by atoms with van der Waals surface area (Å²) in [6.45, 7) is 3.49. The highest BCUT2D eigenvalue weighted by molar-refractivity contribution is 7.19. The summed E-state index contributed by atoms with van der Waals surface area (Å²) in [5.74, 6) is 0.414. The second-order valence-electron chi connectivity index (χ2n) is 4.75. The van der Waals surface area contributed by atoms with E-state index in [1.54, 1.807) is 17.4 Å². The SMILES string of the molecule is Oc1cccc2cc(CN3CCCCC3)sc12. The van der Waals surface area contributed by atoms with Gasteiger partial charge in [-0.1, -0.05) is 18.6 Å². The first-order valence-corrected chi connectivity index (χ1v) is 7.07. The molecule has 1 aliphatic rings. The first-order chi connectivity index (χ1) is 8.33. The number of aromatic hydroxyl groups is 1. The molecule has 0 amide bonds. The van der Waals surface area contributed by atoms with Crippen LogP contribution in [0.25, 0.3) is 10.1 Å². The van der Waals surface area contributed by atoms with Crippen LogP contribution >= 0.6 is 11.3 Å². The van der Waals surface area contributed by atoms with E-state index >= 15 is 0 Å². The number of thiophene rings is 1. The van der Waals surface area contributed by atoms with Gasteiger partial charge in [-0.3, -0.25) is 4.90 Å². The Balaban J connectivity index is 1.83. The Morgan fingerprint density at radius 2 is 2.00 bits per heavy atom. The quantitative estimate of drug-likeness (QED) is 0.876. The summed E-state index contributed by atoms with van der Waals surface area (Å²) < 4.78 is 1.03. The molecule has 1 N–H and O–H groups in total. The molecule has 0 atom stereocenters. The van der Waals surface area contributed by atoms with Crippen LogP contribution in [0, 0.1) is 0 Å². The van der Waals surface area contributed by atoms with E-state index in [1.165, 1.54) is 42.6 Å². The Bertz CT molecular complexity index is 514. The van der Waals surface area contributed by atoms with Gasteiger partial charge in [-0.05, 0) is 43.5 Å². The lowest BCUT2D eigenvalue weighted by Gasteiger charge is -2.25. The Morgan fingerprint density at radius 1 is 1.18 bits per heavy atom. The van der Waals surface area contributed by atoms with Gasteiger partial charge in [-0.2, -0.15) is 0 Å². The normalized spacial score (nSPS) is 17.6. The van der Waals surface area contributed by atoms with E-state index in [9.17, 15) is 5.11 Å². The summed E-state index contributed by atoms with van der Waals surface area (Å²) in [6.07, 6.45) is 4.04. The molecular formula is C14H17NOS. The molecule has 90 valence electrons. The van der Waals surface area contributed by atoms with Gasteiger partial charge < -0.3 is 5.11 Å². The third-order valence-electron chi connectivity index (χ3n) is 3.40. The van der Waals surface area contributed by atoms with E-state index in [0.717, 1.165) is 11.2 Å². The number of benzene rings is 1. The Kier molecular flexibility index (Phi) is 3.04. The largest absolute Gasteiger partial charge is 0.506 e. The summed E-state index contributed by atoms with van der Waals surface area (Å²) in [5, 5.41) is 11.0. The lowest BCUT2D eigenvalue weighted by Crippen LogP contribution is -2.28. The number of hydrogen-bond acceptors (Lipinski definition) is 3. The van der Waals surface area contributed by atoms with Gasteiger partial charge in [0.05, 0.1) is 4.70 Å². The molecular weight excluding hydrogens is 230 g/mol. The molecule has 3 rings (SSSR count). The van der Waals surface area contributed by atoms with E-state index < -0.39 is 0 Å². The Labute approximate surface area is 105 Å². The second-order valence-corrected chi connectivity index (χ2v) is 5.88.